The molecule has 8 heteroatoms. The van der Waals surface area contributed by atoms with Gasteiger partial charge in [0.15, 0.2) is 5.82 Å². The standard InChI is InChI=1S/C16H21N7O/c24-16(21-13-4-2-1-3-5-13)12-7-22(8-12)14-6-15(19-10-18-14)23-11-17-9-20-23/h6,9-13H,1-5,7-8H2,(H,21,24). The minimum absolute atomic E-state index is 0.0525. The normalized spacial score (nSPS) is 19.1. The van der Waals surface area contributed by atoms with Crippen LogP contribution in [-0.4, -0.2) is 49.8 Å². The Morgan fingerprint density at radius 1 is 1.08 bits per heavy atom. The Bertz CT molecular complexity index is 690. The lowest BCUT2D eigenvalue weighted by atomic mass is 9.93. The summed E-state index contributed by atoms with van der Waals surface area (Å²) in [6, 6.07) is 2.24. The molecule has 2 fully saturated rings. The van der Waals surface area contributed by atoms with Crippen LogP contribution in [0.15, 0.2) is 25.0 Å². The fraction of sp³-hybridized carbons (Fsp3) is 0.562. The predicted octanol–water partition coefficient (Wildman–Crippen LogP) is 0.942. The average Bonchev–Trinajstić information content (AvgIpc) is 3.09. The summed E-state index contributed by atoms with van der Waals surface area (Å²) in [4.78, 5) is 26.8. The third-order valence-corrected chi connectivity index (χ3v) is 4.82. The Hall–Kier alpha value is -2.51. The first-order valence-corrected chi connectivity index (χ1v) is 8.52. The zero-order chi connectivity index (χ0) is 16.4. The number of carbonyl (C=O) groups is 1. The van der Waals surface area contributed by atoms with Crippen LogP contribution in [0.3, 0.4) is 0 Å². The van der Waals surface area contributed by atoms with E-state index in [2.05, 4.69) is 30.3 Å². The maximum absolute atomic E-state index is 12.3. The van der Waals surface area contributed by atoms with Gasteiger partial charge in [-0.15, -0.1) is 0 Å². The molecule has 1 N–H and O–H groups in total. The lowest BCUT2D eigenvalue weighted by Gasteiger charge is -2.40. The largest absolute Gasteiger partial charge is 0.355 e. The maximum atomic E-state index is 12.3. The van der Waals surface area contributed by atoms with Crippen molar-refractivity contribution >= 4 is 11.7 Å². The second-order valence-electron chi connectivity index (χ2n) is 6.52. The highest BCUT2D eigenvalue weighted by Gasteiger charge is 2.34. The van der Waals surface area contributed by atoms with Crippen molar-refractivity contribution in [2.24, 2.45) is 5.92 Å². The molecule has 3 heterocycles. The summed E-state index contributed by atoms with van der Waals surface area (Å²) in [5, 5.41) is 7.28. The molecule has 0 atom stereocenters. The van der Waals surface area contributed by atoms with Gasteiger partial charge >= 0.3 is 0 Å². The number of carbonyl (C=O) groups excluding carboxylic acids is 1. The van der Waals surface area contributed by atoms with Gasteiger partial charge in [-0.25, -0.2) is 19.6 Å². The van der Waals surface area contributed by atoms with Crippen LogP contribution in [0.1, 0.15) is 32.1 Å². The summed E-state index contributed by atoms with van der Waals surface area (Å²) in [6.45, 7) is 1.40. The first kappa shape index (κ1) is 15.0. The van der Waals surface area contributed by atoms with E-state index >= 15 is 0 Å². The average molecular weight is 327 g/mol. The van der Waals surface area contributed by atoms with Crippen LogP contribution in [-0.2, 0) is 4.79 Å². The number of hydrogen-bond donors (Lipinski definition) is 1. The fourth-order valence-corrected chi connectivity index (χ4v) is 3.36. The number of nitrogens with one attached hydrogen (secondary N) is 1. The van der Waals surface area contributed by atoms with E-state index in [1.54, 1.807) is 11.0 Å². The van der Waals surface area contributed by atoms with Crippen LogP contribution in [0.4, 0.5) is 5.82 Å². The Morgan fingerprint density at radius 3 is 2.62 bits per heavy atom. The van der Waals surface area contributed by atoms with Crippen molar-refractivity contribution in [3.63, 3.8) is 0 Å². The van der Waals surface area contributed by atoms with Crippen LogP contribution in [0, 0.1) is 5.92 Å². The SMILES string of the molecule is O=C(NC1CCCCC1)C1CN(c2cc(-n3cncn3)ncn2)C1. The minimum atomic E-state index is 0.0525. The van der Waals surface area contributed by atoms with Gasteiger partial charge in [0.2, 0.25) is 5.91 Å². The van der Waals surface area contributed by atoms with Gasteiger partial charge in [0, 0.05) is 25.2 Å². The summed E-state index contributed by atoms with van der Waals surface area (Å²) >= 11 is 0. The van der Waals surface area contributed by atoms with Gasteiger partial charge in [-0.1, -0.05) is 19.3 Å². The molecule has 0 bridgehead atoms. The van der Waals surface area contributed by atoms with Crippen LogP contribution < -0.4 is 10.2 Å². The molecule has 2 aromatic rings. The Labute approximate surface area is 140 Å². The summed E-state index contributed by atoms with van der Waals surface area (Å²) in [5.41, 5.74) is 0. The molecule has 1 aliphatic heterocycles. The first-order chi connectivity index (χ1) is 11.8. The van der Waals surface area contributed by atoms with Crippen LogP contribution in [0.2, 0.25) is 0 Å². The minimum Gasteiger partial charge on any atom is -0.355 e. The van der Waals surface area contributed by atoms with Crippen LogP contribution in [0.5, 0.6) is 0 Å². The Kier molecular flexibility index (Phi) is 4.10. The van der Waals surface area contributed by atoms with E-state index in [1.807, 2.05) is 6.07 Å². The quantitative estimate of drug-likeness (QED) is 0.899. The van der Waals surface area contributed by atoms with Gasteiger partial charge in [0.05, 0.1) is 5.92 Å². The molecule has 0 unspecified atom stereocenters. The second kappa shape index (κ2) is 6.54. The Balaban J connectivity index is 1.34. The second-order valence-corrected chi connectivity index (χ2v) is 6.52. The molecule has 0 aromatic carbocycles. The highest BCUT2D eigenvalue weighted by molar-refractivity contribution is 5.82. The van der Waals surface area contributed by atoms with Crippen molar-refractivity contribution < 1.29 is 4.79 Å². The van der Waals surface area contributed by atoms with E-state index < -0.39 is 0 Å². The molecule has 0 spiro atoms. The van der Waals surface area contributed by atoms with Crippen molar-refractivity contribution in [2.45, 2.75) is 38.1 Å². The number of aromatic nitrogens is 5. The molecular formula is C16H21N7O. The number of rotatable bonds is 4. The third kappa shape index (κ3) is 3.08. The summed E-state index contributed by atoms with van der Waals surface area (Å²) in [6.07, 6.45) is 10.6. The molecule has 1 saturated carbocycles. The monoisotopic (exact) mass is 327 g/mol. The van der Waals surface area contributed by atoms with Crippen LogP contribution in [0.25, 0.3) is 5.82 Å². The predicted molar refractivity (Wildman–Crippen MR) is 87.7 cm³/mol. The topological polar surface area (TPSA) is 88.8 Å². The van der Waals surface area contributed by atoms with Crippen molar-refractivity contribution in [1.82, 2.24) is 30.0 Å². The van der Waals surface area contributed by atoms with Crippen molar-refractivity contribution in [1.29, 1.82) is 0 Å². The van der Waals surface area contributed by atoms with Crippen molar-refractivity contribution in [2.75, 3.05) is 18.0 Å². The van der Waals surface area contributed by atoms with E-state index in [0.29, 0.717) is 24.9 Å². The Morgan fingerprint density at radius 2 is 1.88 bits per heavy atom. The summed E-state index contributed by atoms with van der Waals surface area (Å²) < 4.78 is 1.60. The highest BCUT2D eigenvalue weighted by atomic mass is 16.2. The highest BCUT2D eigenvalue weighted by Crippen LogP contribution is 2.24. The number of nitrogens with zero attached hydrogens (tertiary/aromatic N) is 6. The molecule has 1 aliphatic carbocycles. The smallest absolute Gasteiger partial charge is 0.226 e. The zero-order valence-corrected chi connectivity index (χ0v) is 13.5. The van der Waals surface area contributed by atoms with Gasteiger partial charge in [0.1, 0.15) is 24.8 Å². The number of anilines is 1. The van der Waals surface area contributed by atoms with E-state index in [9.17, 15) is 4.79 Å². The maximum Gasteiger partial charge on any atom is 0.226 e. The third-order valence-electron chi connectivity index (χ3n) is 4.82. The molecule has 126 valence electrons. The van der Waals surface area contributed by atoms with E-state index in [1.165, 1.54) is 31.9 Å². The molecular weight excluding hydrogens is 306 g/mol. The number of amides is 1. The lowest BCUT2D eigenvalue weighted by Crippen LogP contribution is -2.55. The van der Waals surface area contributed by atoms with Gasteiger partial charge in [-0.3, -0.25) is 4.79 Å². The molecule has 4 rings (SSSR count). The van der Waals surface area contributed by atoms with Gasteiger partial charge in [-0.05, 0) is 12.8 Å². The molecule has 1 saturated heterocycles. The molecule has 1 amide bonds. The van der Waals surface area contributed by atoms with Crippen molar-refractivity contribution in [3.05, 3.63) is 25.0 Å². The molecule has 2 aliphatic rings. The van der Waals surface area contributed by atoms with Gasteiger partial charge in [-0.2, -0.15) is 5.10 Å². The van der Waals surface area contributed by atoms with E-state index in [-0.39, 0.29) is 11.8 Å². The summed E-state index contributed by atoms with van der Waals surface area (Å²) in [5.74, 6) is 1.73. The molecule has 2 aromatic heterocycles. The van der Waals surface area contributed by atoms with Gasteiger partial charge in [0.25, 0.3) is 0 Å². The number of hydrogen-bond acceptors (Lipinski definition) is 6. The van der Waals surface area contributed by atoms with Crippen molar-refractivity contribution in [3.8, 4) is 5.82 Å². The first-order valence-electron chi connectivity index (χ1n) is 8.52. The van der Waals surface area contributed by atoms with Gasteiger partial charge < -0.3 is 10.2 Å². The molecule has 0 radical (unpaired) electrons. The zero-order valence-electron chi connectivity index (χ0n) is 13.5. The fourth-order valence-electron chi connectivity index (χ4n) is 3.36. The molecule has 8 nitrogen and oxygen atoms in total. The molecule has 24 heavy (non-hydrogen) atoms. The van der Waals surface area contributed by atoms with E-state index in [4.69, 9.17) is 0 Å². The summed E-state index contributed by atoms with van der Waals surface area (Å²) in [7, 11) is 0. The van der Waals surface area contributed by atoms with Crippen LogP contribution >= 0.6 is 0 Å². The van der Waals surface area contributed by atoms with E-state index in [0.717, 1.165) is 18.7 Å². The lowest BCUT2D eigenvalue weighted by molar-refractivity contribution is -0.126.